The summed E-state index contributed by atoms with van der Waals surface area (Å²) in [4.78, 5) is 17.8. The van der Waals surface area contributed by atoms with Gasteiger partial charge in [-0.3, -0.25) is 10.1 Å². The highest BCUT2D eigenvalue weighted by Gasteiger charge is 2.19. The number of nitrogen functional groups attached to an aromatic ring is 1. The van der Waals surface area contributed by atoms with E-state index in [4.69, 9.17) is 26.8 Å². The SMILES string of the molecule is COc1ccc([N+](=O)[O-])c(Oc2nc(N)ncc2Cl)c1. The Labute approximate surface area is 118 Å². The number of hydrogen-bond donors (Lipinski definition) is 1. The zero-order chi connectivity index (χ0) is 14.7. The molecule has 2 aromatic rings. The second-order valence-electron chi connectivity index (χ2n) is 3.57. The topological polar surface area (TPSA) is 113 Å². The number of rotatable bonds is 4. The molecule has 0 radical (unpaired) electrons. The summed E-state index contributed by atoms with van der Waals surface area (Å²) < 4.78 is 10.3. The lowest BCUT2D eigenvalue weighted by molar-refractivity contribution is -0.385. The molecule has 20 heavy (non-hydrogen) atoms. The van der Waals surface area contributed by atoms with Crippen LogP contribution in [0.25, 0.3) is 0 Å². The quantitative estimate of drug-likeness (QED) is 0.680. The van der Waals surface area contributed by atoms with Crippen molar-refractivity contribution in [2.24, 2.45) is 0 Å². The van der Waals surface area contributed by atoms with Crippen LogP contribution in [-0.4, -0.2) is 22.0 Å². The molecule has 8 nitrogen and oxygen atoms in total. The number of nitrogens with zero attached hydrogens (tertiary/aromatic N) is 3. The van der Waals surface area contributed by atoms with E-state index >= 15 is 0 Å². The van der Waals surface area contributed by atoms with Crippen molar-refractivity contribution in [2.75, 3.05) is 12.8 Å². The minimum absolute atomic E-state index is 0.0602. The molecular weight excluding hydrogens is 288 g/mol. The predicted molar refractivity (Wildman–Crippen MR) is 71.2 cm³/mol. The number of nitro benzene ring substituents is 1. The Hall–Kier alpha value is -2.61. The highest BCUT2D eigenvalue weighted by atomic mass is 35.5. The molecule has 0 saturated heterocycles. The zero-order valence-electron chi connectivity index (χ0n) is 10.2. The van der Waals surface area contributed by atoms with Gasteiger partial charge in [0.25, 0.3) is 0 Å². The fourth-order valence-corrected chi connectivity index (χ4v) is 1.52. The van der Waals surface area contributed by atoms with Crippen molar-refractivity contribution in [3.05, 3.63) is 39.5 Å². The van der Waals surface area contributed by atoms with Crippen LogP contribution in [0, 0.1) is 10.1 Å². The number of anilines is 1. The molecule has 0 unspecified atom stereocenters. The molecule has 1 heterocycles. The first kappa shape index (κ1) is 13.8. The van der Waals surface area contributed by atoms with Gasteiger partial charge in [0.2, 0.25) is 17.6 Å². The van der Waals surface area contributed by atoms with E-state index in [9.17, 15) is 10.1 Å². The number of halogens is 1. The lowest BCUT2D eigenvalue weighted by atomic mass is 10.3. The van der Waals surface area contributed by atoms with Gasteiger partial charge in [-0.25, -0.2) is 4.98 Å². The van der Waals surface area contributed by atoms with Crippen LogP contribution in [0.1, 0.15) is 0 Å². The summed E-state index contributed by atoms with van der Waals surface area (Å²) in [6.45, 7) is 0. The molecule has 0 bridgehead atoms. The Morgan fingerprint density at radius 1 is 1.45 bits per heavy atom. The van der Waals surface area contributed by atoms with Gasteiger partial charge in [0, 0.05) is 12.1 Å². The van der Waals surface area contributed by atoms with Gasteiger partial charge in [-0.15, -0.1) is 0 Å². The normalized spacial score (nSPS) is 10.1. The molecule has 0 atom stereocenters. The number of hydrogen-bond acceptors (Lipinski definition) is 7. The second kappa shape index (κ2) is 5.57. The fourth-order valence-electron chi connectivity index (χ4n) is 1.39. The maximum Gasteiger partial charge on any atom is 0.311 e. The first-order chi connectivity index (χ1) is 9.51. The molecule has 0 spiro atoms. The largest absolute Gasteiger partial charge is 0.497 e. The van der Waals surface area contributed by atoms with E-state index < -0.39 is 4.92 Å². The molecule has 104 valence electrons. The van der Waals surface area contributed by atoms with Crippen molar-refractivity contribution in [3.8, 4) is 17.4 Å². The molecule has 0 aliphatic rings. The lowest BCUT2D eigenvalue weighted by Crippen LogP contribution is -1.99. The van der Waals surface area contributed by atoms with Gasteiger partial charge in [0.15, 0.2) is 0 Å². The minimum Gasteiger partial charge on any atom is -0.497 e. The highest BCUT2D eigenvalue weighted by molar-refractivity contribution is 6.31. The molecule has 0 amide bonds. The highest BCUT2D eigenvalue weighted by Crippen LogP contribution is 2.36. The van der Waals surface area contributed by atoms with Gasteiger partial charge in [0.05, 0.1) is 18.2 Å². The van der Waals surface area contributed by atoms with Crippen LogP contribution in [0.15, 0.2) is 24.4 Å². The van der Waals surface area contributed by atoms with Gasteiger partial charge < -0.3 is 15.2 Å². The van der Waals surface area contributed by atoms with Crippen LogP contribution in [-0.2, 0) is 0 Å². The third-order valence-electron chi connectivity index (χ3n) is 2.30. The number of methoxy groups -OCH3 is 1. The summed E-state index contributed by atoms with van der Waals surface area (Å²) in [5, 5.41) is 11.0. The van der Waals surface area contributed by atoms with Crippen molar-refractivity contribution in [3.63, 3.8) is 0 Å². The molecule has 0 saturated carbocycles. The Morgan fingerprint density at radius 2 is 2.20 bits per heavy atom. The zero-order valence-corrected chi connectivity index (χ0v) is 11.0. The minimum atomic E-state index is -0.590. The van der Waals surface area contributed by atoms with Gasteiger partial charge in [-0.1, -0.05) is 11.6 Å². The second-order valence-corrected chi connectivity index (χ2v) is 3.98. The molecule has 0 aliphatic heterocycles. The maximum atomic E-state index is 11.0. The number of aromatic nitrogens is 2. The van der Waals surface area contributed by atoms with Crippen LogP contribution in [0.2, 0.25) is 5.02 Å². The van der Waals surface area contributed by atoms with Gasteiger partial charge in [-0.05, 0) is 6.07 Å². The molecule has 9 heteroatoms. The van der Waals surface area contributed by atoms with Crippen LogP contribution in [0.3, 0.4) is 0 Å². The molecule has 0 fully saturated rings. The number of nitro groups is 1. The molecule has 0 aliphatic carbocycles. The van der Waals surface area contributed by atoms with E-state index in [0.717, 1.165) is 0 Å². The maximum absolute atomic E-state index is 11.0. The van der Waals surface area contributed by atoms with E-state index in [1.807, 2.05) is 0 Å². The summed E-state index contributed by atoms with van der Waals surface area (Å²) in [7, 11) is 1.43. The third kappa shape index (κ3) is 2.86. The predicted octanol–water partition coefficient (Wildman–Crippen LogP) is 2.42. The summed E-state index contributed by atoms with van der Waals surface area (Å²) in [6, 6.07) is 4.06. The number of nitrogens with two attached hydrogens (primary N) is 1. The fraction of sp³-hybridized carbons (Fsp3) is 0.0909. The van der Waals surface area contributed by atoms with E-state index in [1.165, 1.54) is 31.5 Å². The summed E-state index contributed by atoms with van der Waals surface area (Å²) >= 11 is 5.85. The van der Waals surface area contributed by atoms with Crippen molar-refractivity contribution < 1.29 is 14.4 Å². The van der Waals surface area contributed by atoms with Crippen molar-refractivity contribution in [1.29, 1.82) is 0 Å². The first-order valence-electron chi connectivity index (χ1n) is 5.29. The van der Waals surface area contributed by atoms with Crippen LogP contribution < -0.4 is 15.2 Å². The summed E-state index contributed by atoms with van der Waals surface area (Å²) in [6.07, 6.45) is 1.24. The summed E-state index contributed by atoms with van der Waals surface area (Å²) in [5.41, 5.74) is 5.16. The number of benzene rings is 1. The Balaban J connectivity index is 2.45. The Bertz CT molecular complexity index is 665. The van der Waals surface area contributed by atoms with E-state index in [0.29, 0.717) is 5.75 Å². The Morgan fingerprint density at radius 3 is 2.85 bits per heavy atom. The van der Waals surface area contributed by atoms with Crippen LogP contribution in [0.5, 0.6) is 17.4 Å². The molecule has 2 N–H and O–H groups in total. The average molecular weight is 297 g/mol. The average Bonchev–Trinajstić information content (AvgIpc) is 2.42. The van der Waals surface area contributed by atoms with Gasteiger partial charge >= 0.3 is 5.69 Å². The van der Waals surface area contributed by atoms with Crippen molar-refractivity contribution >= 4 is 23.2 Å². The smallest absolute Gasteiger partial charge is 0.311 e. The van der Waals surface area contributed by atoms with E-state index in [-0.39, 0.29) is 28.3 Å². The third-order valence-corrected chi connectivity index (χ3v) is 2.56. The molecular formula is C11H9ClN4O4. The lowest BCUT2D eigenvalue weighted by Gasteiger charge is -2.08. The number of ether oxygens (including phenoxy) is 2. The molecule has 1 aromatic heterocycles. The van der Waals surface area contributed by atoms with Crippen LogP contribution >= 0.6 is 11.6 Å². The molecule has 2 rings (SSSR count). The van der Waals surface area contributed by atoms with Crippen LogP contribution in [0.4, 0.5) is 11.6 Å². The van der Waals surface area contributed by atoms with Gasteiger partial charge in [-0.2, -0.15) is 4.98 Å². The monoisotopic (exact) mass is 296 g/mol. The standard InChI is InChI=1S/C11H9ClN4O4/c1-19-6-2-3-8(16(17)18)9(4-6)20-10-7(12)5-14-11(13)15-10/h2-5H,1H3,(H2,13,14,15). The van der Waals surface area contributed by atoms with Crippen molar-refractivity contribution in [2.45, 2.75) is 0 Å². The summed E-state index contributed by atoms with van der Waals surface area (Å²) in [5.74, 6) is 0.198. The van der Waals surface area contributed by atoms with E-state index in [1.54, 1.807) is 0 Å². The van der Waals surface area contributed by atoms with E-state index in [2.05, 4.69) is 9.97 Å². The van der Waals surface area contributed by atoms with Gasteiger partial charge in [0.1, 0.15) is 10.8 Å². The molecule has 1 aromatic carbocycles. The first-order valence-corrected chi connectivity index (χ1v) is 5.67. The Kier molecular flexibility index (Phi) is 3.85. The van der Waals surface area contributed by atoms with Crippen molar-refractivity contribution in [1.82, 2.24) is 9.97 Å².